The predicted octanol–water partition coefficient (Wildman–Crippen LogP) is 0.602. The first-order chi connectivity index (χ1) is 10.6. The number of nitrogens with one attached hydrogen (secondary N) is 2. The fourth-order valence-corrected chi connectivity index (χ4v) is 2.22. The molecule has 0 unspecified atom stereocenters. The molecule has 112 valence electrons. The Morgan fingerprint density at radius 3 is 2.68 bits per heavy atom. The molecule has 0 aliphatic carbocycles. The number of aromatic amines is 2. The van der Waals surface area contributed by atoms with Crippen LogP contribution in [0, 0.1) is 6.92 Å². The van der Waals surface area contributed by atoms with E-state index in [1.807, 2.05) is 36.5 Å². The van der Waals surface area contributed by atoms with E-state index in [9.17, 15) is 9.59 Å². The lowest BCUT2D eigenvalue weighted by Gasteiger charge is -2.03. The van der Waals surface area contributed by atoms with Gasteiger partial charge in [0.2, 0.25) is 0 Å². The van der Waals surface area contributed by atoms with Crippen LogP contribution < -0.4 is 11.2 Å². The SMILES string of the molecule is Cc1c(Cn2cc(Cc3ccccc3)nn2)[nH]c(=O)[nH]c1=O. The lowest BCUT2D eigenvalue weighted by molar-refractivity contribution is 0.630. The van der Waals surface area contributed by atoms with E-state index in [2.05, 4.69) is 20.3 Å². The molecular weight excluding hydrogens is 282 g/mol. The van der Waals surface area contributed by atoms with Gasteiger partial charge in [0, 0.05) is 23.9 Å². The van der Waals surface area contributed by atoms with E-state index in [1.54, 1.807) is 11.6 Å². The molecule has 3 aromatic rings. The average Bonchev–Trinajstić information content (AvgIpc) is 2.92. The third kappa shape index (κ3) is 3.03. The molecule has 3 rings (SSSR count). The molecule has 22 heavy (non-hydrogen) atoms. The molecule has 2 aromatic heterocycles. The Morgan fingerprint density at radius 2 is 1.91 bits per heavy atom. The largest absolute Gasteiger partial charge is 0.325 e. The van der Waals surface area contributed by atoms with E-state index in [1.165, 1.54) is 0 Å². The summed E-state index contributed by atoms with van der Waals surface area (Å²) in [4.78, 5) is 27.7. The van der Waals surface area contributed by atoms with Gasteiger partial charge in [0.1, 0.15) is 0 Å². The molecule has 2 heterocycles. The van der Waals surface area contributed by atoms with Crippen molar-refractivity contribution in [2.24, 2.45) is 0 Å². The van der Waals surface area contributed by atoms with Crippen LogP contribution in [-0.4, -0.2) is 25.0 Å². The number of aromatic nitrogens is 5. The van der Waals surface area contributed by atoms with Gasteiger partial charge in [-0.3, -0.25) is 9.78 Å². The molecule has 7 nitrogen and oxygen atoms in total. The van der Waals surface area contributed by atoms with Crippen molar-refractivity contribution in [3.63, 3.8) is 0 Å². The second kappa shape index (κ2) is 5.80. The third-order valence-corrected chi connectivity index (χ3v) is 3.42. The van der Waals surface area contributed by atoms with Gasteiger partial charge in [0.05, 0.1) is 12.2 Å². The zero-order chi connectivity index (χ0) is 15.5. The molecule has 0 fully saturated rings. The molecule has 0 radical (unpaired) electrons. The molecular formula is C15H15N5O2. The summed E-state index contributed by atoms with van der Waals surface area (Å²) in [6.45, 7) is 1.96. The van der Waals surface area contributed by atoms with Crippen molar-refractivity contribution < 1.29 is 0 Å². The van der Waals surface area contributed by atoms with Gasteiger partial charge < -0.3 is 4.98 Å². The number of hydrogen-bond acceptors (Lipinski definition) is 4. The van der Waals surface area contributed by atoms with Crippen LogP contribution in [0.5, 0.6) is 0 Å². The molecule has 1 aromatic carbocycles. The second-order valence-corrected chi connectivity index (χ2v) is 5.08. The Morgan fingerprint density at radius 1 is 1.14 bits per heavy atom. The summed E-state index contributed by atoms with van der Waals surface area (Å²) < 4.78 is 1.61. The third-order valence-electron chi connectivity index (χ3n) is 3.42. The van der Waals surface area contributed by atoms with E-state index in [-0.39, 0.29) is 5.56 Å². The highest BCUT2D eigenvalue weighted by Crippen LogP contribution is 2.07. The summed E-state index contributed by atoms with van der Waals surface area (Å²) in [5, 5.41) is 8.16. The fraction of sp³-hybridized carbons (Fsp3) is 0.200. The molecule has 0 amide bonds. The van der Waals surface area contributed by atoms with Crippen molar-refractivity contribution >= 4 is 0 Å². The van der Waals surface area contributed by atoms with Gasteiger partial charge in [-0.15, -0.1) is 5.10 Å². The lowest BCUT2D eigenvalue weighted by atomic mass is 10.1. The maximum absolute atomic E-state index is 11.6. The maximum atomic E-state index is 11.6. The van der Waals surface area contributed by atoms with Crippen LogP contribution in [0.1, 0.15) is 22.5 Å². The highest BCUT2D eigenvalue weighted by Gasteiger charge is 2.08. The minimum Gasteiger partial charge on any atom is -0.309 e. The monoisotopic (exact) mass is 297 g/mol. The van der Waals surface area contributed by atoms with Gasteiger partial charge in [-0.2, -0.15) is 0 Å². The zero-order valence-electron chi connectivity index (χ0n) is 12.0. The summed E-state index contributed by atoms with van der Waals surface area (Å²) in [5.74, 6) is 0. The van der Waals surface area contributed by atoms with Crippen LogP contribution in [0.2, 0.25) is 0 Å². The van der Waals surface area contributed by atoms with Crippen LogP contribution in [0.25, 0.3) is 0 Å². The normalized spacial score (nSPS) is 10.8. The standard InChI is InChI=1S/C15H15N5O2/c1-10-13(16-15(22)17-14(10)21)9-20-8-12(18-19-20)7-11-5-3-2-4-6-11/h2-6,8H,7,9H2,1H3,(H2,16,17,21,22). The average molecular weight is 297 g/mol. The van der Waals surface area contributed by atoms with E-state index in [0.717, 1.165) is 11.3 Å². The highest BCUT2D eigenvalue weighted by atomic mass is 16.2. The van der Waals surface area contributed by atoms with Gasteiger partial charge in [-0.25, -0.2) is 9.48 Å². The van der Waals surface area contributed by atoms with Crippen LogP contribution >= 0.6 is 0 Å². The van der Waals surface area contributed by atoms with E-state index >= 15 is 0 Å². The number of rotatable bonds is 4. The van der Waals surface area contributed by atoms with Crippen molar-refractivity contribution in [3.05, 3.63) is 79.9 Å². The molecule has 7 heteroatoms. The second-order valence-electron chi connectivity index (χ2n) is 5.08. The van der Waals surface area contributed by atoms with Crippen molar-refractivity contribution in [2.45, 2.75) is 19.9 Å². The highest BCUT2D eigenvalue weighted by molar-refractivity contribution is 5.20. The van der Waals surface area contributed by atoms with Gasteiger partial charge >= 0.3 is 5.69 Å². The smallest absolute Gasteiger partial charge is 0.309 e. The molecule has 0 bridgehead atoms. The minimum absolute atomic E-state index is 0.298. The maximum Gasteiger partial charge on any atom is 0.325 e. The van der Waals surface area contributed by atoms with E-state index in [0.29, 0.717) is 24.2 Å². The van der Waals surface area contributed by atoms with Crippen LogP contribution in [-0.2, 0) is 13.0 Å². The first-order valence-electron chi connectivity index (χ1n) is 6.87. The quantitative estimate of drug-likeness (QED) is 0.737. The topological polar surface area (TPSA) is 96.4 Å². The molecule has 2 N–H and O–H groups in total. The summed E-state index contributed by atoms with van der Waals surface area (Å²) in [6, 6.07) is 9.97. The summed E-state index contributed by atoms with van der Waals surface area (Å²) in [5.41, 5.74) is 2.08. The Labute approximate surface area is 125 Å². The van der Waals surface area contributed by atoms with Gasteiger partial charge in [0.25, 0.3) is 5.56 Å². The molecule has 0 saturated carbocycles. The summed E-state index contributed by atoms with van der Waals surface area (Å²) in [6.07, 6.45) is 2.50. The van der Waals surface area contributed by atoms with Crippen LogP contribution in [0.3, 0.4) is 0 Å². The van der Waals surface area contributed by atoms with Crippen molar-refractivity contribution in [1.29, 1.82) is 0 Å². The zero-order valence-corrected chi connectivity index (χ0v) is 12.0. The minimum atomic E-state index is -0.518. The van der Waals surface area contributed by atoms with Gasteiger partial charge in [-0.05, 0) is 12.5 Å². The Kier molecular flexibility index (Phi) is 3.69. The molecule has 0 spiro atoms. The van der Waals surface area contributed by atoms with Crippen molar-refractivity contribution in [1.82, 2.24) is 25.0 Å². The fourth-order valence-electron chi connectivity index (χ4n) is 2.22. The van der Waals surface area contributed by atoms with Gasteiger partial charge in [0.15, 0.2) is 0 Å². The first-order valence-corrected chi connectivity index (χ1v) is 6.87. The Hall–Kier alpha value is -2.96. The van der Waals surface area contributed by atoms with E-state index < -0.39 is 5.69 Å². The Balaban J connectivity index is 1.80. The number of hydrogen-bond donors (Lipinski definition) is 2. The number of H-pyrrole nitrogens is 2. The van der Waals surface area contributed by atoms with Crippen molar-refractivity contribution in [3.8, 4) is 0 Å². The summed E-state index contributed by atoms with van der Waals surface area (Å²) in [7, 11) is 0. The molecule has 0 atom stereocenters. The summed E-state index contributed by atoms with van der Waals surface area (Å²) >= 11 is 0. The van der Waals surface area contributed by atoms with Crippen LogP contribution in [0.4, 0.5) is 0 Å². The molecule has 0 saturated heterocycles. The van der Waals surface area contributed by atoms with E-state index in [4.69, 9.17) is 0 Å². The Bertz CT molecular complexity index is 892. The number of benzene rings is 1. The first kappa shape index (κ1) is 14.0. The lowest BCUT2D eigenvalue weighted by Crippen LogP contribution is -2.27. The number of nitrogens with zero attached hydrogens (tertiary/aromatic N) is 3. The molecule has 0 aliphatic rings. The predicted molar refractivity (Wildman–Crippen MR) is 80.8 cm³/mol. The van der Waals surface area contributed by atoms with Crippen molar-refractivity contribution in [2.75, 3.05) is 0 Å². The molecule has 0 aliphatic heterocycles. The van der Waals surface area contributed by atoms with Gasteiger partial charge in [-0.1, -0.05) is 35.5 Å². The van der Waals surface area contributed by atoms with Crippen LogP contribution in [0.15, 0.2) is 46.1 Å².